The van der Waals surface area contributed by atoms with Gasteiger partial charge in [-0.25, -0.2) is 4.98 Å². The van der Waals surface area contributed by atoms with E-state index in [1.165, 1.54) is 0 Å². The Morgan fingerprint density at radius 3 is 3.00 bits per heavy atom. The van der Waals surface area contributed by atoms with E-state index in [-0.39, 0.29) is 0 Å². The van der Waals surface area contributed by atoms with Crippen LogP contribution in [0.15, 0.2) is 5.38 Å². The average Bonchev–Trinajstić information content (AvgIpc) is 2.36. The first-order valence-electron chi connectivity index (χ1n) is 3.54. The number of nitrogens with zero attached hydrogens (tertiary/aromatic N) is 1. The Labute approximate surface area is 69.9 Å². The standard InChI is InChI=1S/C7H12N2OS/c1-5-9-6(4-11-5)7(10)2-3-8/h4,7,10H,2-3,8H2,1H3/t7-/m1/s1. The van der Waals surface area contributed by atoms with Crippen LogP contribution in [0.5, 0.6) is 0 Å². The van der Waals surface area contributed by atoms with E-state index in [0.717, 1.165) is 10.7 Å². The molecule has 1 rings (SSSR count). The van der Waals surface area contributed by atoms with Gasteiger partial charge in [0.15, 0.2) is 0 Å². The Hall–Kier alpha value is -0.450. The predicted octanol–water partition coefficient (Wildman–Crippen LogP) is 0.834. The minimum atomic E-state index is -0.482. The fourth-order valence-electron chi connectivity index (χ4n) is 0.839. The van der Waals surface area contributed by atoms with Gasteiger partial charge < -0.3 is 10.8 Å². The molecule has 3 nitrogen and oxygen atoms in total. The van der Waals surface area contributed by atoms with E-state index in [0.29, 0.717) is 13.0 Å². The third-order valence-corrected chi connectivity index (χ3v) is 2.21. The zero-order valence-corrected chi connectivity index (χ0v) is 7.27. The molecule has 3 N–H and O–H groups in total. The summed E-state index contributed by atoms with van der Waals surface area (Å²) in [6.45, 7) is 2.42. The van der Waals surface area contributed by atoms with Gasteiger partial charge in [-0.1, -0.05) is 0 Å². The number of thiazole rings is 1. The minimum Gasteiger partial charge on any atom is -0.387 e. The highest BCUT2D eigenvalue weighted by Crippen LogP contribution is 2.17. The molecule has 1 heterocycles. The van der Waals surface area contributed by atoms with Crippen LogP contribution in [-0.4, -0.2) is 16.6 Å². The number of aliphatic hydroxyl groups excluding tert-OH is 1. The molecule has 1 atom stereocenters. The van der Waals surface area contributed by atoms with Crippen molar-refractivity contribution in [1.82, 2.24) is 4.98 Å². The molecule has 0 bridgehead atoms. The second-order valence-corrected chi connectivity index (χ2v) is 3.45. The Bertz CT molecular complexity index is 224. The Kier molecular flexibility index (Phi) is 2.99. The van der Waals surface area contributed by atoms with Crippen molar-refractivity contribution in [2.45, 2.75) is 19.4 Å². The molecule has 0 aliphatic rings. The fraction of sp³-hybridized carbons (Fsp3) is 0.571. The molecule has 0 spiro atoms. The number of hydrogen-bond acceptors (Lipinski definition) is 4. The lowest BCUT2D eigenvalue weighted by Gasteiger charge is -2.03. The van der Waals surface area contributed by atoms with Gasteiger partial charge in [0, 0.05) is 5.38 Å². The van der Waals surface area contributed by atoms with Crippen molar-refractivity contribution in [1.29, 1.82) is 0 Å². The van der Waals surface area contributed by atoms with Crippen molar-refractivity contribution >= 4 is 11.3 Å². The normalized spacial score (nSPS) is 13.4. The van der Waals surface area contributed by atoms with Gasteiger partial charge in [0.05, 0.1) is 16.8 Å². The van der Waals surface area contributed by atoms with Crippen LogP contribution in [0.25, 0.3) is 0 Å². The van der Waals surface area contributed by atoms with E-state index in [2.05, 4.69) is 4.98 Å². The first kappa shape index (κ1) is 8.64. The van der Waals surface area contributed by atoms with Gasteiger partial charge in [-0.15, -0.1) is 11.3 Å². The quantitative estimate of drug-likeness (QED) is 0.710. The topological polar surface area (TPSA) is 59.1 Å². The number of hydrogen-bond donors (Lipinski definition) is 2. The third-order valence-electron chi connectivity index (χ3n) is 1.42. The van der Waals surface area contributed by atoms with Crippen LogP contribution in [-0.2, 0) is 0 Å². The first-order valence-corrected chi connectivity index (χ1v) is 4.42. The zero-order valence-electron chi connectivity index (χ0n) is 6.45. The summed E-state index contributed by atoms with van der Waals surface area (Å²) >= 11 is 1.55. The summed E-state index contributed by atoms with van der Waals surface area (Å²) in [4.78, 5) is 4.14. The molecule has 11 heavy (non-hydrogen) atoms. The summed E-state index contributed by atoms with van der Waals surface area (Å²) in [5.74, 6) is 0. The molecule has 0 radical (unpaired) electrons. The molecule has 62 valence electrons. The molecule has 1 aromatic heterocycles. The van der Waals surface area contributed by atoms with Crippen molar-refractivity contribution < 1.29 is 5.11 Å². The highest BCUT2D eigenvalue weighted by Gasteiger charge is 2.08. The smallest absolute Gasteiger partial charge is 0.0980 e. The number of aliphatic hydroxyl groups is 1. The fourth-order valence-corrected chi connectivity index (χ4v) is 1.50. The predicted molar refractivity (Wildman–Crippen MR) is 45.5 cm³/mol. The van der Waals surface area contributed by atoms with Crippen LogP contribution in [0.2, 0.25) is 0 Å². The van der Waals surface area contributed by atoms with Crippen LogP contribution in [0.4, 0.5) is 0 Å². The number of rotatable bonds is 3. The SMILES string of the molecule is Cc1nc([C@H](O)CCN)cs1. The lowest BCUT2D eigenvalue weighted by atomic mass is 10.2. The van der Waals surface area contributed by atoms with E-state index in [9.17, 15) is 5.11 Å². The van der Waals surface area contributed by atoms with Gasteiger partial charge >= 0.3 is 0 Å². The van der Waals surface area contributed by atoms with Gasteiger partial charge in [-0.05, 0) is 19.9 Å². The van der Waals surface area contributed by atoms with E-state index in [1.54, 1.807) is 11.3 Å². The monoisotopic (exact) mass is 172 g/mol. The largest absolute Gasteiger partial charge is 0.387 e. The summed E-state index contributed by atoms with van der Waals surface area (Å²) in [7, 11) is 0. The van der Waals surface area contributed by atoms with Crippen LogP contribution in [0.1, 0.15) is 23.2 Å². The summed E-state index contributed by atoms with van der Waals surface area (Å²) in [5.41, 5.74) is 6.04. The van der Waals surface area contributed by atoms with Gasteiger partial charge in [-0.3, -0.25) is 0 Å². The van der Waals surface area contributed by atoms with Crippen molar-refractivity contribution in [3.05, 3.63) is 16.1 Å². The molecule has 0 saturated heterocycles. The van der Waals surface area contributed by atoms with E-state index >= 15 is 0 Å². The highest BCUT2D eigenvalue weighted by atomic mass is 32.1. The van der Waals surface area contributed by atoms with Crippen LogP contribution < -0.4 is 5.73 Å². The third kappa shape index (κ3) is 2.25. The number of nitrogens with two attached hydrogens (primary N) is 1. The summed E-state index contributed by atoms with van der Waals surface area (Å²) < 4.78 is 0. The maximum Gasteiger partial charge on any atom is 0.0980 e. The lowest BCUT2D eigenvalue weighted by Crippen LogP contribution is -2.06. The zero-order chi connectivity index (χ0) is 8.27. The van der Waals surface area contributed by atoms with Gasteiger partial charge in [0.25, 0.3) is 0 Å². The van der Waals surface area contributed by atoms with Crippen LogP contribution in [0, 0.1) is 6.92 Å². The lowest BCUT2D eigenvalue weighted by molar-refractivity contribution is 0.166. The molecule has 0 unspecified atom stereocenters. The van der Waals surface area contributed by atoms with Crippen molar-refractivity contribution in [2.75, 3.05) is 6.54 Å². The van der Waals surface area contributed by atoms with Gasteiger partial charge in [0.2, 0.25) is 0 Å². The molecule has 0 fully saturated rings. The maximum absolute atomic E-state index is 9.40. The average molecular weight is 172 g/mol. The highest BCUT2D eigenvalue weighted by molar-refractivity contribution is 7.09. The molecule has 0 amide bonds. The maximum atomic E-state index is 9.40. The first-order chi connectivity index (χ1) is 5.24. The summed E-state index contributed by atoms with van der Waals surface area (Å²) in [6, 6.07) is 0. The Balaban J connectivity index is 2.60. The van der Waals surface area contributed by atoms with E-state index in [4.69, 9.17) is 5.73 Å². The number of aromatic nitrogens is 1. The second kappa shape index (κ2) is 3.80. The van der Waals surface area contributed by atoms with E-state index in [1.807, 2.05) is 12.3 Å². The van der Waals surface area contributed by atoms with Gasteiger partial charge in [-0.2, -0.15) is 0 Å². The van der Waals surface area contributed by atoms with E-state index < -0.39 is 6.10 Å². The molecule has 0 aromatic carbocycles. The van der Waals surface area contributed by atoms with Crippen LogP contribution >= 0.6 is 11.3 Å². The van der Waals surface area contributed by atoms with Crippen molar-refractivity contribution in [3.63, 3.8) is 0 Å². The molecule has 0 saturated carbocycles. The van der Waals surface area contributed by atoms with Gasteiger partial charge in [0.1, 0.15) is 0 Å². The molecular weight excluding hydrogens is 160 g/mol. The molecular formula is C7H12N2OS. The van der Waals surface area contributed by atoms with Crippen molar-refractivity contribution in [2.24, 2.45) is 5.73 Å². The minimum absolute atomic E-state index is 0.482. The molecule has 4 heteroatoms. The summed E-state index contributed by atoms with van der Waals surface area (Å²) in [5, 5.41) is 12.3. The van der Waals surface area contributed by atoms with Crippen molar-refractivity contribution in [3.8, 4) is 0 Å². The Morgan fingerprint density at radius 2 is 2.55 bits per heavy atom. The Morgan fingerprint density at radius 1 is 1.82 bits per heavy atom. The second-order valence-electron chi connectivity index (χ2n) is 2.38. The molecule has 1 aromatic rings. The van der Waals surface area contributed by atoms with Crippen LogP contribution in [0.3, 0.4) is 0 Å². The molecule has 0 aliphatic heterocycles. The molecule has 0 aliphatic carbocycles. The number of aryl methyl sites for hydroxylation is 1. The summed E-state index contributed by atoms with van der Waals surface area (Å²) in [6.07, 6.45) is 0.105.